The van der Waals surface area contributed by atoms with Crippen LogP contribution in [0.4, 0.5) is 34.1 Å². The molecule has 0 spiro atoms. The molecule has 0 amide bonds. The molecular weight excluding hydrogens is 945 g/mol. The number of benzene rings is 11. The Morgan fingerprint density at radius 1 is 0.231 bits per heavy atom. The van der Waals surface area contributed by atoms with Crippen molar-refractivity contribution in [2.75, 3.05) is 9.80 Å². The summed E-state index contributed by atoms with van der Waals surface area (Å²) in [4.78, 5) is 4.65. The molecule has 0 atom stereocenters. The summed E-state index contributed by atoms with van der Waals surface area (Å²) in [5.41, 5.74) is 20.3. The van der Waals surface area contributed by atoms with Crippen LogP contribution in [0.25, 0.3) is 80.0 Å². The fraction of sp³-hybridized carbons (Fsp3) is 0. The number of anilines is 6. The first-order valence-electron chi connectivity index (χ1n) is 26.6. The number of hydrogen-bond donors (Lipinski definition) is 0. The van der Waals surface area contributed by atoms with Crippen molar-refractivity contribution in [3.63, 3.8) is 0 Å². The van der Waals surface area contributed by atoms with Gasteiger partial charge in [0.05, 0.1) is 22.4 Å². The molecule has 13 aromatic rings. The predicted octanol–water partition coefficient (Wildman–Crippen LogP) is 20.2. The zero-order valence-corrected chi connectivity index (χ0v) is 43.0. The topological polar surface area (TPSA) is 16.3 Å². The monoisotopic (exact) mass is 998 g/mol. The first-order chi connectivity index (χ1) is 38.7. The third-order valence-corrected chi connectivity index (χ3v) is 14.5. The predicted molar refractivity (Wildman–Crippen MR) is 331 cm³/mol. The maximum atomic E-state index is 2.39. The Labute approximate surface area is 456 Å². The Morgan fingerprint density at radius 3 is 0.846 bits per heavy atom. The van der Waals surface area contributed by atoms with E-state index in [0.29, 0.717) is 0 Å². The van der Waals surface area contributed by atoms with Gasteiger partial charge in [0, 0.05) is 67.4 Å². The number of rotatable bonds is 14. The van der Waals surface area contributed by atoms with E-state index in [0.717, 1.165) is 56.6 Å². The fourth-order valence-corrected chi connectivity index (χ4v) is 10.9. The van der Waals surface area contributed by atoms with Crippen molar-refractivity contribution in [1.82, 2.24) is 9.13 Å². The SMILES string of the molecule is C(=C\c1c(-c2ccccc2)n(-c2ccccc2)c2ccccc12)/c1ccc(N(c2ccccc2)c2ccc(N(c3ccccc3)c3ccc(/C=C/c4c(-c5ccccc5)n(-c5ccccc5)c5ccccc45)cc3)cc2)cc1. The van der Waals surface area contributed by atoms with E-state index in [1.807, 2.05) is 0 Å². The summed E-state index contributed by atoms with van der Waals surface area (Å²) in [6.07, 6.45) is 9.04. The normalized spacial score (nSPS) is 11.5. The molecule has 0 aliphatic rings. The van der Waals surface area contributed by atoms with Crippen LogP contribution in [0.1, 0.15) is 22.3 Å². The molecule has 0 fully saturated rings. The maximum Gasteiger partial charge on any atom is 0.0613 e. The average molecular weight is 999 g/mol. The molecule has 0 N–H and O–H groups in total. The summed E-state index contributed by atoms with van der Waals surface area (Å²) in [7, 11) is 0. The highest BCUT2D eigenvalue weighted by Crippen LogP contribution is 2.42. The number of fused-ring (bicyclic) bond motifs is 2. The van der Waals surface area contributed by atoms with Gasteiger partial charge in [-0.1, -0.05) is 218 Å². The quantitative estimate of drug-likeness (QED) is 0.108. The molecule has 0 aliphatic carbocycles. The molecular formula is C74H54N4. The van der Waals surface area contributed by atoms with E-state index >= 15 is 0 Å². The Bertz CT molecular complexity index is 3910. The van der Waals surface area contributed by atoms with Gasteiger partial charge in [-0.05, 0) is 131 Å². The van der Waals surface area contributed by atoms with Gasteiger partial charge in [0.2, 0.25) is 0 Å². The van der Waals surface area contributed by atoms with Crippen LogP contribution in [0.5, 0.6) is 0 Å². The Hall–Kier alpha value is -10.4. The molecule has 2 heterocycles. The summed E-state index contributed by atoms with van der Waals surface area (Å²) >= 11 is 0. The van der Waals surface area contributed by atoms with Crippen LogP contribution >= 0.6 is 0 Å². The molecule has 0 radical (unpaired) electrons. The molecule has 4 nitrogen and oxygen atoms in total. The summed E-state index contributed by atoms with van der Waals surface area (Å²) in [5.74, 6) is 0. The fourth-order valence-electron chi connectivity index (χ4n) is 10.9. The van der Waals surface area contributed by atoms with Crippen molar-refractivity contribution in [2.45, 2.75) is 0 Å². The lowest BCUT2D eigenvalue weighted by molar-refractivity contribution is 1.13. The average Bonchev–Trinajstić information content (AvgIpc) is 4.10. The Morgan fingerprint density at radius 2 is 0.500 bits per heavy atom. The molecule has 4 heteroatoms. The van der Waals surface area contributed by atoms with Gasteiger partial charge >= 0.3 is 0 Å². The molecule has 370 valence electrons. The maximum absolute atomic E-state index is 2.39. The van der Waals surface area contributed by atoms with Crippen LogP contribution < -0.4 is 9.80 Å². The van der Waals surface area contributed by atoms with E-state index in [2.05, 4.69) is 347 Å². The first-order valence-corrected chi connectivity index (χ1v) is 26.6. The second-order valence-electron chi connectivity index (χ2n) is 19.3. The van der Waals surface area contributed by atoms with Gasteiger partial charge in [0.15, 0.2) is 0 Å². The van der Waals surface area contributed by atoms with Crippen LogP contribution in [0.15, 0.2) is 303 Å². The van der Waals surface area contributed by atoms with Crippen molar-refractivity contribution in [2.24, 2.45) is 0 Å². The standard InChI is InChI=1S/C74H54N4/c1-7-23-57(24-8-1)73-69(67-35-19-21-37-71(67)77(73)61-31-15-5-16-32-61)53-43-55-39-45-63(46-40-55)75(59-27-11-3-12-28-59)65-49-51-66(52-50-65)76(60-29-13-4-14-30-60)64-47-41-56(42-48-64)44-54-70-68-36-20-22-38-72(68)78(62-33-17-6-18-34-62)74(70)58-25-9-2-10-26-58/h1-54H/b53-43+,54-44+. The lowest BCUT2D eigenvalue weighted by Gasteiger charge is -2.28. The second kappa shape index (κ2) is 21.4. The molecule has 0 unspecified atom stereocenters. The van der Waals surface area contributed by atoms with Crippen LogP contribution in [-0.4, -0.2) is 9.13 Å². The first kappa shape index (κ1) is 47.3. The van der Waals surface area contributed by atoms with Gasteiger partial charge in [-0.25, -0.2) is 0 Å². The molecule has 0 saturated carbocycles. The number of para-hydroxylation sites is 6. The lowest BCUT2D eigenvalue weighted by Crippen LogP contribution is -2.12. The molecule has 78 heavy (non-hydrogen) atoms. The minimum atomic E-state index is 1.06. The van der Waals surface area contributed by atoms with Gasteiger partial charge in [0.1, 0.15) is 0 Å². The van der Waals surface area contributed by atoms with Gasteiger partial charge in [-0.2, -0.15) is 0 Å². The highest BCUT2D eigenvalue weighted by atomic mass is 15.2. The van der Waals surface area contributed by atoms with Crippen LogP contribution in [0, 0.1) is 0 Å². The lowest BCUT2D eigenvalue weighted by atomic mass is 10.0. The third kappa shape index (κ3) is 9.29. The van der Waals surface area contributed by atoms with E-state index in [4.69, 9.17) is 0 Å². The number of nitrogens with zero attached hydrogens (tertiary/aromatic N) is 4. The van der Waals surface area contributed by atoms with Crippen molar-refractivity contribution in [1.29, 1.82) is 0 Å². The Kier molecular flexibility index (Phi) is 13.0. The molecule has 11 aromatic carbocycles. The molecule has 13 rings (SSSR count). The number of aromatic nitrogens is 2. The van der Waals surface area contributed by atoms with Crippen molar-refractivity contribution in [3.05, 3.63) is 326 Å². The van der Waals surface area contributed by atoms with Gasteiger partial charge in [-0.15, -0.1) is 0 Å². The van der Waals surface area contributed by atoms with Gasteiger partial charge in [-0.3, -0.25) is 0 Å². The zero-order chi connectivity index (χ0) is 52.0. The number of hydrogen-bond acceptors (Lipinski definition) is 2. The van der Waals surface area contributed by atoms with Crippen molar-refractivity contribution >= 4 is 80.2 Å². The largest absolute Gasteiger partial charge is 0.311 e. The van der Waals surface area contributed by atoms with Gasteiger partial charge < -0.3 is 18.9 Å². The molecule has 0 saturated heterocycles. The smallest absolute Gasteiger partial charge is 0.0613 e. The van der Waals surface area contributed by atoms with Crippen LogP contribution in [-0.2, 0) is 0 Å². The highest BCUT2D eigenvalue weighted by Gasteiger charge is 2.21. The minimum absolute atomic E-state index is 1.06. The van der Waals surface area contributed by atoms with Gasteiger partial charge in [0.25, 0.3) is 0 Å². The summed E-state index contributed by atoms with van der Waals surface area (Å²) in [5, 5.41) is 2.42. The van der Waals surface area contributed by atoms with Crippen LogP contribution in [0.2, 0.25) is 0 Å². The Balaban J connectivity index is 0.812. The second-order valence-corrected chi connectivity index (χ2v) is 19.3. The third-order valence-electron chi connectivity index (χ3n) is 14.5. The van der Waals surface area contributed by atoms with Crippen molar-refractivity contribution in [3.8, 4) is 33.9 Å². The van der Waals surface area contributed by atoms with E-state index in [1.165, 1.54) is 55.4 Å². The minimum Gasteiger partial charge on any atom is -0.311 e. The molecule has 2 aromatic heterocycles. The van der Waals surface area contributed by atoms with Crippen molar-refractivity contribution < 1.29 is 0 Å². The molecule has 0 bridgehead atoms. The summed E-state index contributed by atoms with van der Waals surface area (Å²) in [6, 6.07) is 108. The zero-order valence-electron chi connectivity index (χ0n) is 43.0. The van der Waals surface area contributed by atoms with E-state index in [9.17, 15) is 0 Å². The van der Waals surface area contributed by atoms with E-state index in [-0.39, 0.29) is 0 Å². The highest BCUT2D eigenvalue weighted by molar-refractivity contribution is 6.02. The summed E-state index contributed by atoms with van der Waals surface area (Å²) < 4.78 is 4.78. The molecule has 0 aliphatic heterocycles. The van der Waals surface area contributed by atoms with E-state index in [1.54, 1.807) is 0 Å². The van der Waals surface area contributed by atoms with Crippen LogP contribution in [0.3, 0.4) is 0 Å². The summed E-state index contributed by atoms with van der Waals surface area (Å²) in [6.45, 7) is 0. The van der Waals surface area contributed by atoms with E-state index < -0.39 is 0 Å².